The van der Waals surface area contributed by atoms with Gasteiger partial charge in [0.05, 0.1) is 45.2 Å². The minimum Gasteiger partial charge on any atom is -0.311 e. The molecule has 0 N–H and O–H groups in total. The molecule has 0 fully saturated rings. The molecular weight excluding hydrogens is 1140 g/mol. The first-order valence-electron chi connectivity index (χ1n) is 32.0. The molecule has 0 saturated carbocycles. The van der Waals surface area contributed by atoms with Crippen LogP contribution in [0.1, 0.15) is 0 Å². The molecule has 5 heterocycles. The van der Waals surface area contributed by atoms with E-state index in [0.29, 0.717) is 11.6 Å². The Bertz CT molecular complexity index is 5480. The van der Waals surface area contributed by atoms with E-state index in [2.05, 4.69) is 330 Å². The number of rotatable bonds is 11. The van der Waals surface area contributed by atoms with E-state index in [4.69, 9.17) is 19.9 Å². The van der Waals surface area contributed by atoms with Crippen molar-refractivity contribution in [1.82, 2.24) is 24.5 Å². The predicted molar refractivity (Wildman–Crippen MR) is 389 cm³/mol. The number of anilines is 6. The Hall–Kier alpha value is -12.5. The summed E-state index contributed by atoms with van der Waals surface area (Å²) in [4.78, 5) is 26.7. The van der Waals surface area contributed by atoms with E-state index in [9.17, 15) is 0 Å². The molecule has 0 saturated heterocycles. The molecule has 0 spiro atoms. The van der Waals surface area contributed by atoms with Crippen LogP contribution in [0.2, 0.25) is 0 Å². The summed E-state index contributed by atoms with van der Waals surface area (Å²) in [5.74, 6) is 1.26. The molecule has 0 amide bonds. The van der Waals surface area contributed by atoms with Crippen LogP contribution in [0.4, 0.5) is 34.1 Å². The van der Waals surface area contributed by atoms with Gasteiger partial charge in [-0.25, -0.2) is 19.9 Å². The molecule has 94 heavy (non-hydrogen) atoms. The summed E-state index contributed by atoms with van der Waals surface area (Å²) in [6.07, 6.45) is 0. The third-order valence-corrected chi connectivity index (χ3v) is 18.6. The van der Waals surface area contributed by atoms with Gasteiger partial charge in [0.1, 0.15) is 0 Å². The highest BCUT2D eigenvalue weighted by molar-refractivity contribution is 7.00. The van der Waals surface area contributed by atoms with E-state index in [0.717, 1.165) is 129 Å². The lowest BCUT2D eigenvalue weighted by Gasteiger charge is -2.45. The maximum absolute atomic E-state index is 5.73. The highest BCUT2D eigenvalue weighted by Gasteiger charge is 2.44. The number of para-hydroxylation sites is 5. The molecule has 0 radical (unpaired) electrons. The third kappa shape index (κ3) is 9.30. The monoisotopic (exact) mass is 1200 g/mol. The topological polar surface area (TPSA) is 63.0 Å². The molecule has 0 atom stereocenters. The standard InChI is InChI=1S/C86H56BN7/c1-7-25-57(26-8-1)63-47-50-78-69(53-63)68-37-19-22-40-77(68)94(78)79-51-48-64(75-55-73(59-27-9-2-10-28-59)88-85(90-75)61-31-13-4-14-32-61)54-70(79)76-56-74(60-29-11-3-12-30-60)89-86(91-76)62-45-43-58(44-46-62)67-49-52-82-83-84(67)93(66-35-17-6-18-36-66)81-42-24-21-39-72(81)87(83)71-38-20-23-41-80(71)92(82)65-33-15-5-16-34-65/h1-56H. The highest BCUT2D eigenvalue weighted by Crippen LogP contribution is 2.49. The summed E-state index contributed by atoms with van der Waals surface area (Å²) < 4.78 is 2.41. The van der Waals surface area contributed by atoms with Gasteiger partial charge < -0.3 is 14.4 Å². The van der Waals surface area contributed by atoms with Crippen LogP contribution in [0.5, 0.6) is 0 Å². The van der Waals surface area contributed by atoms with Gasteiger partial charge in [0.25, 0.3) is 6.71 Å². The Labute approximate surface area is 545 Å². The van der Waals surface area contributed by atoms with Crippen molar-refractivity contribution < 1.29 is 0 Å². The Morgan fingerprint density at radius 3 is 1.31 bits per heavy atom. The zero-order valence-electron chi connectivity index (χ0n) is 51.0. The lowest BCUT2D eigenvalue weighted by Crippen LogP contribution is -2.61. The molecule has 438 valence electrons. The number of nitrogens with zero attached hydrogens (tertiary/aromatic N) is 7. The van der Waals surface area contributed by atoms with Crippen LogP contribution in [0.15, 0.2) is 340 Å². The number of fused-ring (bicyclic) bond motifs is 7. The van der Waals surface area contributed by atoms with Crippen molar-refractivity contribution >= 4 is 79.0 Å². The van der Waals surface area contributed by atoms with E-state index in [1.165, 1.54) is 27.6 Å². The molecule has 8 heteroatoms. The van der Waals surface area contributed by atoms with Gasteiger partial charge in [-0.2, -0.15) is 0 Å². The molecule has 0 unspecified atom stereocenters. The maximum atomic E-state index is 5.73. The fourth-order valence-electron chi connectivity index (χ4n) is 14.3. The van der Waals surface area contributed by atoms with E-state index in [1.807, 2.05) is 24.3 Å². The molecule has 3 aromatic heterocycles. The third-order valence-electron chi connectivity index (χ3n) is 18.6. The highest BCUT2D eigenvalue weighted by atomic mass is 15.2. The summed E-state index contributed by atoms with van der Waals surface area (Å²) in [6, 6.07) is 121. The summed E-state index contributed by atoms with van der Waals surface area (Å²) in [6.45, 7) is -0.0204. The quantitative estimate of drug-likeness (QED) is 0.120. The largest absolute Gasteiger partial charge is 0.311 e. The van der Waals surface area contributed by atoms with Crippen molar-refractivity contribution in [3.8, 4) is 95.7 Å². The molecule has 18 rings (SSSR count). The molecular formula is C86H56BN7. The SMILES string of the molecule is c1ccc(-c2ccc3c(c2)c2ccccc2n3-c2ccc(-c3cc(-c4ccccc4)nc(-c4ccccc4)n3)cc2-c2cc(-c3ccccc3)nc(-c3ccc(-c4ccc5c6c4N(c4ccccc4)c4ccccc4B6c4ccccc4N5c4ccccc4)cc3)n2)cc1. The van der Waals surface area contributed by atoms with Crippen molar-refractivity contribution in [1.29, 1.82) is 0 Å². The van der Waals surface area contributed by atoms with Crippen molar-refractivity contribution in [2.75, 3.05) is 9.80 Å². The smallest absolute Gasteiger partial charge is 0.252 e. The van der Waals surface area contributed by atoms with Gasteiger partial charge in [0, 0.05) is 78.2 Å². The van der Waals surface area contributed by atoms with Crippen molar-refractivity contribution in [2.24, 2.45) is 0 Å². The molecule has 7 nitrogen and oxygen atoms in total. The summed E-state index contributed by atoms with van der Waals surface area (Å²) >= 11 is 0. The Kier molecular flexibility index (Phi) is 13.2. The van der Waals surface area contributed by atoms with Crippen LogP contribution < -0.4 is 26.2 Å². The van der Waals surface area contributed by atoms with Gasteiger partial charge in [0.2, 0.25) is 0 Å². The molecule has 0 aliphatic carbocycles. The Morgan fingerprint density at radius 1 is 0.245 bits per heavy atom. The van der Waals surface area contributed by atoms with Gasteiger partial charge in [-0.05, 0) is 118 Å². The zero-order valence-corrected chi connectivity index (χ0v) is 51.0. The van der Waals surface area contributed by atoms with Gasteiger partial charge in [-0.3, -0.25) is 0 Å². The Morgan fingerprint density at radius 2 is 0.681 bits per heavy atom. The second-order valence-corrected chi connectivity index (χ2v) is 24.1. The van der Waals surface area contributed by atoms with Crippen LogP contribution in [0.25, 0.3) is 118 Å². The van der Waals surface area contributed by atoms with E-state index < -0.39 is 0 Å². The van der Waals surface area contributed by atoms with Gasteiger partial charge in [0.15, 0.2) is 11.6 Å². The van der Waals surface area contributed by atoms with Gasteiger partial charge in [-0.1, -0.05) is 255 Å². The van der Waals surface area contributed by atoms with Gasteiger partial charge >= 0.3 is 0 Å². The first-order chi connectivity index (χ1) is 46.6. The summed E-state index contributed by atoms with van der Waals surface area (Å²) in [5.41, 5.74) is 27.2. The number of hydrogen-bond donors (Lipinski definition) is 0. The molecule has 2 aliphatic rings. The lowest BCUT2D eigenvalue weighted by molar-refractivity contribution is 1.15. The molecule has 13 aromatic carbocycles. The zero-order chi connectivity index (χ0) is 62.1. The van der Waals surface area contributed by atoms with Crippen LogP contribution in [0, 0.1) is 0 Å². The van der Waals surface area contributed by atoms with Crippen molar-refractivity contribution in [3.05, 3.63) is 340 Å². The first kappa shape index (κ1) is 54.4. The van der Waals surface area contributed by atoms with Gasteiger partial charge in [-0.15, -0.1) is 0 Å². The van der Waals surface area contributed by atoms with Crippen LogP contribution in [-0.4, -0.2) is 31.2 Å². The average Bonchev–Trinajstić information content (AvgIpc) is 0.835. The molecule has 0 bridgehead atoms. The first-order valence-corrected chi connectivity index (χ1v) is 32.0. The summed E-state index contributed by atoms with van der Waals surface area (Å²) in [7, 11) is 0. The second-order valence-electron chi connectivity index (χ2n) is 24.1. The minimum atomic E-state index is -0.0204. The average molecular weight is 1200 g/mol. The number of hydrogen-bond acceptors (Lipinski definition) is 6. The molecule has 16 aromatic rings. The number of aromatic nitrogens is 5. The van der Waals surface area contributed by atoms with Crippen LogP contribution >= 0.6 is 0 Å². The minimum absolute atomic E-state index is 0.0204. The molecule has 2 aliphatic heterocycles. The van der Waals surface area contributed by atoms with E-state index in [1.54, 1.807) is 0 Å². The summed E-state index contributed by atoms with van der Waals surface area (Å²) in [5, 5.41) is 2.32. The van der Waals surface area contributed by atoms with Crippen LogP contribution in [0.3, 0.4) is 0 Å². The normalized spacial score (nSPS) is 12.2. The maximum Gasteiger partial charge on any atom is 0.252 e. The fraction of sp³-hybridized carbons (Fsp3) is 0. The van der Waals surface area contributed by atoms with Crippen LogP contribution in [-0.2, 0) is 0 Å². The van der Waals surface area contributed by atoms with E-state index >= 15 is 0 Å². The van der Waals surface area contributed by atoms with E-state index in [-0.39, 0.29) is 6.71 Å². The Balaban J connectivity index is 0.843. The lowest BCUT2D eigenvalue weighted by atomic mass is 9.33. The number of benzene rings is 13. The fourth-order valence-corrected chi connectivity index (χ4v) is 14.3. The second kappa shape index (κ2) is 22.8. The van der Waals surface area contributed by atoms with Crippen molar-refractivity contribution in [3.63, 3.8) is 0 Å². The van der Waals surface area contributed by atoms with Crippen molar-refractivity contribution in [2.45, 2.75) is 0 Å². The predicted octanol–water partition coefficient (Wildman–Crippen LogP) is 19.8.